The van der Waals surface area contributed by atoms with E-state index in [4.69, 9.17) is 0 Å². The zero-order valence-corrected chi connectivity index (χ0v) is 11.5. The highest BCUT2D eigenvalue weighted by molar-refractivity contribution is 6.20. The topological polar surface area (TPSA) is 33.2 Å². The summed E-state index contributed by atoms with van der Waals surface area (Å²) in [5.74, 6) is 0.211. The fourth-order valence-corrected chi connectivity index (χ4v) is 1.77. The lowest BCUT2D eigenvalue weighted by molar-refractivity contribution is -0.113. The Morgan fingerprint density at radius 1 is 1.28 bits per heavy atom. The molecule has 0 saturated carbocycles. The van der Waals surface area contributed by atoms with E-state index in [2.05, 4.69) is 11.9 Å². The number of Topliss-reactive ketones (excluding diaryl/α,β-unsaturated/α-hetero) is 1. The molecule has 0 amide bonds. The van der Waals surface area contributed by atoms with Crippen LogP contribution in [0.1, 0.15) is 38.2 Å². The molecule has 1 aromatic heterocycles. The zero-order chi connectivity index (χ0) is 13.4. The molecule has 3 heteroatoms. The van der Waals surface area contributed by atoms with Crippen LogP contribution in [0.25, 0.3) is 5.57 Å². The van der Waals surface area contributed by atoms with Crippen LogP contribution in [0.4, 0.5) is 0 Å². The van der Waals surface area contributed by atoms with Crippen LogP contribution >= 0.6 is 0 Å². The Kier molecular flexibility index (Phi) is 6.12. The van der Waals surface area contributed by atoms with Crippen LogP contribution in [-0.4, -0.2) is 29.8 Å². The van der Waals surface area contributed by atoms with Gasteiger partial charge in [-0.3, -0.25) is 9.78 Å². The Bertz CT molecular complexity index is 396. The van der Waals surface area contributed by atoms with E-state index in [1.165, 1.54) is 0 Å². The van der Waals surface area contributed by atoms with Crippen LogP contribution in [0.2, 0.25) is 0 Å². The van der Waals surface area contributed by atoms with Crippen LogP contribution in [0.15, 0.2) is 30.7 Å². The fraction of sp³-hybridized carbons (Fsp3) is 0.467. The molecule has 0 saturated heterocycles. The second-order valence-corrected chi connectivity index (χ2v) is 4.62. The van der Waals surface area contributed by atoms with Crippen LogP contribution in [0.5, 0.6) is 0 Å². The Morgan fingerprint density at radius 2 is 1.94 bits per heavy atom. The highest BCUT2D eigenvalue weighted by Crippen LogP contribution is 2.18. The molecule has 1 rings (SSSR count). The van der Waals surface area contributed by atoms with Gasteiger partial charge in [-0.05, 0) is 24.1 Å². The highest BCUT2D eigenvalue weighted by Gasteiger charge is 2.11. The number of rotatable bonds is 7. The number of hydrogen-bond donors (Lipinski definition) is 0. The van der Waals surface area contributed by atoms with Gasteiger partial charge in [0.25, 0.3) is 0 Å². The number of nitrogens with zero attached hydrogens (tertiary/aromatic N) is 2. The predicted molar refractivity (Wildman–Crippen MR) is 75.1 cm³/mol. The molecule has 3 nitrogen and oxygen atoms in total. The minimum atomic E-state index is 0.211. The van der Waals surface area contributed by atoms with E-state index in [0.29, 0.717) is 6.42 Å². The molecular formula is C15H22N2O. The van der Waals surface area contributed by atoms with Crippen molar-refractivity contribution in [1.29, 1.82) is 0 Å². The number of hydrogen-bond acceptors (Lipinski definition) is 3. The van der Waals surface area contributed by atoms with E-state index < -0.39 is 0 Å². The maximum Gasteiger partial charge on any atom is 0.164 e. The van der Waals surface area contributed by atoms with Gasteiger partial charge in [-0.15, -0.1) is 0 Å². The zero-order valence-electron chi connectivity index (χ0n) is 11.5. The molecule has 0 aliphatic rings. The molecule has 0 atom stereocenters. The summed E-state index contributed by atoms with van der Waals surface area (Å²) in [5.41, 5.74) is 1.72. The van der Waals surface area contributed by atoms with Crippen molar-refractivity contribution in [2.75, 3.05) is 14.1 Å². The Labute approximate surface area is 110 Å². The summed E-state index contributed by atoms with van der Waals surface area (Å²) in [6.45, 7) is 2.14. The standard InChI is InChI=1S/C15H22N2O/c1-4-5-6-7-15(18)14(12-17(2)3)13-8-10-16-11-9-13/h8-12H,4-7H2,1-3H3. The smallest absolute Gasteiger partial charge is 0.164 e. The number of unbranched alkanes of at least 4 members (excludes halogenated alkanes) is 2. The van der Waals surface area contributed by atoms with E-state index in [-0.39, 0.29) is 5.78 Å². The summed E-state index contributed by atoms with van der Waals surface area (Å²) < 4.78 is 0. The predicted octanol–water partition coefficient (Wildman–Crippen LogP) is 3.13. The van der Waals surface area contributed by atoms with Gasteiger partial charge in [0, 0.05) is 44.7 Å². The number of pyridine rings is 1. The van der Waals surface area contributed by atoms with Crippen molar-refractivity contribution in [2.45, 2.75) is 32.6 Å². The largest absolute Gasteiger partial charge is 0.383 e. The molecule has 18 heavy (non-hydrogen) atoms. The van der Waals surface area contributed by atoms with Gasteiger partial charge in [-0.2, -0.15) is 0 Å². The van der Waals surface area contributed by atoms with Crippen molar-refractivity contribution < 1.29 is 4.79 Å². The molecule has 0 unspecified atom stereocenters. The molecule has 0 N–H and O–H groups in total. The van der Waals surface area contributed by atoms with Gasteiger partial charge in [0.1, 0.15) is 0 Å². The molecule has 1 aromatic rings. The molecule has 0 spiro atoms. The third kappa shape index (κ3) is 4.70. The first-order valence-corrected chi connectivity index (χ1v) is 6.47. The van der Waals surface area contributed by atoms with Crippen molar-refractivity contribution >= 4 is 11.4 Å². The lowest BCUT2D eigenvalue weighted by Gasteiger charge is -2.11. The first-order valence-electron chi connectivity index (χ1n) is 6.47. The first-order chi connectivity index (χ1) is 8.65. The molecule has 0 fully saturated rings. The summed E-state index contributed by atoms with van der Waals surface area (Å²) in [7, 11) is 3.86. The van der Waals surface area contributed by atoms with E-state index >= 15 is 0 Å². The Balaban J connectivity index is 2.83. The molecule has 0 bridgehead atoms. The Hall–Kier alpha value is -1.64. The monoisotopic (exact) mass is 246 g/mol. The molecule has 98 valence electrons. The summed E-state index contributed by atoms with van der Waals surface area (Å²) in [6.07, 6.45) is 9.16. The van der Waals surface area contributed by atoms with E-state index in [9.17, 15) is 4.79 Å². The molecule has 0 radical (unpaired) electrons. The summed E-state index contributed by atoms with van der Waals surface area (Å²) >= 11 is 0. The van der Waals surface area contributed by atoms with Crippen molar-refractivity contribution in [3.63, 3.8) is 0 Å². The van der Waals surface area contributed by atoms with Crippen LogP contribution < -0.4 is 0 Å². The van der Waals surface area contributed by atoms with Crippen LogP contribution in [0, 0.1) is 0 Å². The van der Waals surface area contributed by atoms with Gasteiger partial charge < -0.3 is 4.90 Å². The van der Waals surface area contributed by atoms with Crippen LogP contribution in [0.3, 0.4) is 0 Å². The minimum absolute atomic E-state index is 0.211. The van der Waals surface area contributed by atoms with Crippen molar-refractivity contribution in [3.8, 4) is 0 Å². The van der Waals surface area contributed by atoms with Gasteiger partial charge in [0.15, 0.2) is 5.78 Å². The van der Waals surface area contributed by atoms with Gasteiger partial charge in [-0.1, -0.05) is 19.8 Å². The fourth-order valence-electron chi connectivity index (χ4n) is 1.77. The molecule has 0 aliphatic heterocycles. The average molecular weight is 246 g/mol. The summed E-state index contributed by atoms with van der Waals surface area (Å²) in [5, 5.41) is 0. The SMILES string of the molecule is CCCCCC(=O)C(=CN(C)C)c1ccncc1. The first kappa shape index (κ1) is 14.4. The van der Waals surface area contributed by atoms with Gasteiger partial charge >= 0.3 is 0 Å². The summed E-state index contributed by atoms with van der Waals surface area (Å²) in [6, 6.07) is 3.76. The van der Waals surface area contributed by atoms with E-state index in [1.807, 2.05) is 37.3 Å². The number of carbonyl (C=O) groups is 1. The third-order valence-electron chi connectivity index (χ3n) is 2.69. The lowest BCUT2D eigenvalue weighted by atomic mass is 9.99. The van der Waals surface area contributed by atoms with Crippen molar-refractivity contribution in [2.24, 2.45) is 0 Å². The third-order valence-corrected chi connectivity index (χ3v) is 2.69. The van der Waals surface area contributed by atoms with Gasteiger partial charge in [-0.25, -0.2) is 0 Å². The second kappa shape index (κ2) is 7.64. The number of ketones is 1. The number of carbonyl (C=O) groups excluding carboxylic acids is 1. The number of aromatic nitrogens is 1. The van der Waals surface area contributed by atoms with E-state index in [0.717, 1.165) is 30.4 Å². The summed E-state index contributed by atoms with van der Waals surface area (Å²) in [4.78, 5) is 18.1. The molecule has 0 aliphatic carbocycles. The number of allylic oxidation sites excluding steroid dienone is 1. The minimum Gasteiger partial charge on any atom is -0.383 e. The maximum absolute atomic E-state index is 12.2. The second-order valence-electron chi connectivity index (χ2n) is 4.62. The molecule has 1 heterocycles. The van der Waals surface area contributed by atoms with E-state index in [1.54, 1.807) is 12.4 Å². The quantitative estimate of drug-likeness (QED) is 0.547. The van der Waals surface area contributed by atoms with Gasteiger partial charge in [0.05, 0.1) is 0 Å². The van der Waals surface area contributed by atoms with Crippen LogP contribution in [-0.2, 0) is 4.79 Å². The molecule has 0 aromatic carbocycles. The average Bonchev–Trinajstić information content (AvgIpc) is 2.37. The van der Waals surface area contributed by atoms with Gasteiger partial charge in [0.2, 0.25) is 0 Å². The van der Waals surface area contributed by atoms with Crippen molar-refractivity contribution in [1.82, 2.24) is 9.88 Å². The highest BCUT2D eigenvalue weighted by atomic mass is 16.1. The molecular weight excluding hydrogens is 224 g/mol. The van der Waals surface area contributed by atoms with Crippen molar-refractivity contribution in [3.05, 3.63) is 36.3 Å². The lowest BCUT2D eigenvalue weighted by Crippen LogP contribution is -2.09. The normalized spacial score (nSPS) is 11.4. The maximum atomic E-state index is 12.2. The Morgan fingerprint density at radius 3 is 2.50 bits per heavy atom.